The number of alkyl halides is 2. The maximum atomic E-state index is 12.1. The predicted octanol–water partition coefficient (Wildman–Crippen LogP) is 3.03. The smallest absolute Gasteiger partial charge is 0.387 e. The van der Waals surface area contributed by atoms with E-state index in [0.29, 0.717) is 0 Å². The Labute approximate surface area is 118 Å². The third kappa shape index (κ3) is 4.72. The molecule has 1 N–H and O–H groups in total. The van der Waals surface area contributed by atoms with E-state index in [-0.39, 0.29) is 11.8 Å². The summed E-state index contributed by atoms with van der Waals surface area (Å²) in [6.45, 7) is 3.73. The van der Waals surface area contributed by atoms with E-state index >= 15 is 0 Å². The number of hydrogen-bond acceptors (Lipinski definition) is 3. The lowest BCUT2D eigenvalue weighted by Crippen LogP contribution is -2.31. The number of rotatable bonds is 7. The molecular weight excluding hydrogens is 262 g/mol. The molecule has 1 fully saturated rings. The molecule has 0 radical (unpaired) electrons. The molecule has 0 spiro atoms. The summed E-state index contributed by atoms with van der Waals surface area (Å²) in [5.74, 6) is 0.202. The minimum atomic E-state index is -2.77. The van der Waals surface area contributed by atoms with Crippen molar-refractivity contribution in [1.29, 1.82) is 0 Å². The first-order valence-electron chi connectivity index (χ1n) is 7.15. The zero-order chi connectivity index (χ0) is 14.4. The highest BCUT2D eigenvalue weighted by molar-refractivity contribution is 5.28. The maximum absolute atomic E-state index is 12.1. The van der Waals surface area contributed by atoms with Gasteiger partial charge in [-0.3, -0.25) is 0 Å². The highest BCUT2D eigenvalue weighted by Gasteiger charge is 2.12. The average Bonchev–Trinajstić information content (AvgIpc) is 2.92. The molecule has 5 heteroatoms. The van der Waals surface area contributed by atoms with Crippen LogP contribution in [0.2, 0.25) is 0 Å². The number of halogens is 2. The van der Waals surface area contributed by atoms with Crippen LogP contribution >= 0.6 is 0 Å². The van der Waals surface area contributed by atoms with E-state index in [2.05, 4.69) is 21.9 Å². The Kier molecular flexibility index (Phi) is 5.73. The topological polar surface area (TPSA) is 24.5 Å². The molecular formula is C15H22F2N2O. The van der Waals surface area contributed by atoms with Gasteiger partial charge in [0.25, 0.3) is 0 Å². The summed E-state index contributed by atoms with van der Waals surface area (Å²) in [5, 5.41) is 3.46. The van der Waals surface area contributed by atoms with Gasteiger partial charge < -0.3 is 15.0 Å². The second-order valence-electron chi connectivity index (χ2n) is 5.17. The maximum Gasteiger partial charge on any atom is 0.387 e. The first kappa shape index (κ1) is 15.2. The quantitative estimate of drug-likeness (QED) is 0.833. The molecule has 20 heavy (non-hydrogen) atoms. The van der Waals surface area contributed by atoms with Crippen LogP contribution in [0.25, 0.3) is 0 Å². The molecule has 0 amide bonds. The van der Waals surface area contributed by atoms with Crippen molar-refractivity contribution in [3.8, 4) is 5.75 Å². The number of benzene rings is 1. The van der Waals surface area contributed by atoms with Crippen LogP contribution in [0.4, 0.5) is 8.78 Å². The normalized spacial score (nSPS) is 17.6. The molecule has 1 unspecified atom stereocenters. The first-order valence-corrected chi connectivity index (χ1v) is 7.15. The summed E-state index contributed by atoms with van der Waals surface area (Å²) >= 11 is 0. The van der Waals surface area contributed by atoms with E-state index < -0.39 is 6.61 Å². The van der Waals surface area contributed by atoms with E-state index in [9.17, 15) is 8.78 Å². The van der Waals surface area contributed by atoms with Gasteiger partial charge in [-0.25, -0.2) is 0 Å². The van der Waals surface area contributed by atoms with Crippen LogP contribution in [0.3, 0.4) is 0 Å². The molecule has 1 aromatic carbocycles. The van der Waals surface area contributed by atoms with E-state index in [1.165, 1.54) is 25.9 Å². The van der Waals surface area contributed by atoms with E-state index in [1.54, 1.807) is 12.1 Å². The van der Waals surface area contributed by atoms with Crippen molar-refractivity contribution < 1.29 is 13.5 Å². The lowest BCUT2D eigenvalue weighted by atomic mass is 10.1. The summed E-state index contributed by atoms with van der Waals surface area (Å²) in [7, 11) is 0. The summed E-state index contributed by atoms with van der Waals surface area (Å²) < 4.78 is 28.4. The third-order valence-electron chi connectivity index (χ3n) is 3.68. The van der Waals surface area contributed by atoms with Gasteiger partial charge in [0.05, 0.1) is 0 Å². The van der Waals surface area contributed by atoms with E-state index in [0.717, 1.165) is 18.7 Å². The van der Waals surface area contributed by atoms with Crippen molar-refractivity contribution in [3.05, 3.63) is 29.8 Å². The van der Waals surface area contributed by atoms with Crippen molar-refractivity contribution in [2.24, 2.45) is 0 Å². The molecule has 1 heterocycles. The monoisotopic (exact) mass is 284 g/mol. The zero-order valence-corrected chi connectivity index (χ0v) is 11.8. The zero-order valence-electron chi connectivity index (χ0n) is 11.8. The van der Waals surface area contributed by atoms with Crippen molar-refractivity contribution in [1.82, 2.24) is 10.2 Å². The molecule has 0 saturated carbocycles. The lowest BCUT2D eigenvalue weighted by Gasteiger charge is -2.18. The molecule has 1 aliphatic rings. The standard InChI is InChI=1S/C15H22F2N2O/c1-12(18-8-11-19-9-2-3-10-19)13-4-6-14(7-5-13)20-15(16)17/h4-7,12,15,18H,2-3,8-11H2,1H3. The molecule has 3 nitrogen and oxygen atoms in total. The van der Waals surface area contributed by atoms with Crippen molar-refractivity contribution in [2.45, 2.75) is 32.4 Å². The Morgan fingerprint density at radius 2 is 1.85 bits per heavy atom. The summed E-state index contributed by atoms with van der Waals surface area (Å²) in [6, 6.07) is 7.02. The van der Waals surface area contributed by atoms with Gasteiger partial charge in [0, 0.05) is 19.1 Å². The number of ether oxygens (including phenoxy) is 1. The molecule has 0 aromatic heterocycles. The fourth-order valence-electron chi connectivity index (χ4n) is 2.50. The van der Waals surface area contributed by atoms with E-state index in [1.807, 2.05) is 12.1 Å². The van der Waals surface area contributed by atoms with Crippen LogP contribution < -0.4 is 10.1 Å². The Morgan fingerprint density at radius 3 is 2.45 bits per heavy atom. The number of nitrogens with one attached hydrogen (secondary N) is 1. The van der Waals surface area contributed by atoms with Crippen LogP contribution in [-0.4, -0.2) is 37.7 Å². The van der Waals surface area contributed by atoms with Crippen molar-refractivity contribution >= 4 is 0 Å². The van der Waals surface area contributed by atoms with Crippen molar-refractivity contribution in [3.63, 3.8) is 0 Å². The molecule has 0 bridgehead atoms. The number of nitrogens with zero attached hydrogens (tertiary/aromatic N) is 1. The van der Waals surface area contributed by atoms with Crippen LogP contribution in [-0.2, 0) is 0 Å². The summed E-state index contributed by atoms with van der Waals surface area (Å²) in [5.41, 5.74) is 1.08. The number of hydrogen-bond donors (Lipinski definition) is 1. The molecule has 1 aliphatic heterocycles. The lowest BCUT2D eigenvalue weighted by molar-refractivity contribution is -0.0498. The predicted molar refractivity (Wildman–Crippen MR) is 75.2 cm³/mol. The molecule has 112 valence electrons. The SMILES string of the molecule is CC(NCCN1CCCC1)c1ccc(OC(F)F)cc1. The summed E-state index contributed by atoms with van der Waals surface area (Å²) in [4.78, 5) is 2.46. The Morgan fingerprint density at radius 1 is 1.20 bits per heavy atom. The Hall–Kier alpha value is -1.20. The largest absolute Gasteiger partial charge is 0.435 e. The van der Waals surface area contributed by atoms with Gasteiger partial charge in [-0.15, -0.1) is 0 Å². The van der Waals surface area contributed by atoms with E-state index in [4.69, 9.17) is 0 Å². The minimum Gasteiger partial charge on any atom is -0.435 e. The van der Waals surface area contributed by atoms with Crippen LogP contribution in [0.1, 0.15) is 31.4 Å². The number of likely N-dealkylation sites (tertiary alicyclic amines) is 1. The van der Waals surface area contributed by atoms with Gasteiger partial charge in [-0.1, -0.05) is 12.1 Å². The van der Waals surface area contributed by atoms with Gasteiger partial charge in [-0.05, 0) is 50.6 Å². The fourth-order valence-corrected chi connectivity index (χ4v) is 2.50. The second-order valence-corrected chi connectivity index (χ2v) is 5.17. The Bertz CT molecular complexity index is 391. The molecule has 1 aromatic rings. The van der Waals surface area contributed by atoms with Gasteiger partial charge in [0.2, 0.25) is 0 Å². The summed E-state index contributed by atoms with van der Waals surface area (Å²) in [6.07, 6.45) is 2.61. The molecule has 1 atom stereocenters. The van der Waals surface area contributed by atoms with Gasteiger partial charge in [0.15, 0.2) is 0 Å². The van der Waals surface area contributed by atoms with Gasteiger partial charge in [0.1, 0.15) is 5.75 Å². The van der Waals surface area contributed by atoms with Crippen molar-refractivity contribution in [2.75, 3.05) is 26.2 Å². The highest BCUT2D eigenvalue weighted by atomic mass is 19.3. The van der Waals surface area contributed by atoms with Gasteiger partial charge >= 0.3 is 6.61 Å². The Balaban J connectivity index is 1.75. The molecule has 1 saturated heterocycles. The highest BCUT2D eigenvalue weighted by Crippen LogP contribution is 2.19. The fraction of sp³-hybridized carbons (Fsp3) is 0.600. The third-order valence-corrected chi connectivity index (χ3v) is 3.68. The first-order chi connectivity index (χ1) is 9.65. The van der Waals surface area contributed by atoms with Gasteiger partial charge in [-0.2, -0.15) is 8.78 Å². The minimum absolute atomic E-state index is 0.202. The van der Waals surface area contributed by atoms with Crippen LogP contribution in [0.15, 0.2) is 24.3 Å². The average molecular weight is 284 g/mol. The van der Waals surface area contributed by atoms with Crippen LogP contribution in [0, 0.1) is 0 Å². The second kappa shape index (κ2) is 7.55. The molecule has 2 rings (SSSR count). The van der Waals surface area contributed by atoms with Crippen LogP contribution in [0.5, 0.6) is 5.75 Å². The molecule has 0 aliphatic carbocycles.